The van der Waals surface area contributed by atoms with E-state index in [9.17, 15) is 22.6 Å². The molecule has 0 saturated heterocycles. The Morgan fingerprint density at radius 3 is 1.96 bits per heavy atom. The summed E-state index contributed by atoms with van der Waals surface area (Å²) in [7, 11) is -4.63. The average Bonchev–Trinajstić information content (AvgIpc) is 2.45. The molecule has 0 amide bonds. The molecule has 0 fully saturated rings. The molecule has 114 valence electrons. The van der Waals surface area contributed by atoms with Gasteiger partial charge in [-0.2, -0.15) is 8.42 Å². The second kappa shape index (κ2) is 6.12. The van der Waals surface area contributed by atoms with E-state index >= 15 is 0 Å². The summed E-state index contributed by atoms with van der Waals surface area (Å²) in [5.74, 6) is -1.00. The van der Waals surface area contributed by atoms with Crippen LogP contribution in [0.5, 0.6) is 0 Å². The van der Waals surface area contributed by atoms with Gasteiger partial charge in [0, 0.05) is 15.6 Å². The molecule has 2 aromatic carbocycles. The monoisotopic (exact) mass is 405 g/mol. The van der Waals surface area contributed by atoms with E-state index in [1.165, 1.54) is 12.1 Å². The second-order valence-corrected chi connectivity index (χ2v) is 6.94. The third-order valence-electron chi connectivity index (χ3n) is 3.43. The van der Waals surface area contributed by atoms with E-state index in [0.29, 0.717) is 0 Å². The van der Waals surface area contributed by atoms with Crippen molar-refractivity contribution in [3.8, 4) is 0 Å². The van der Waals surface area contributed by atoms with Crippen molar-refractivity contribution in [3.63, 3.8) is 0 Å². The summed E-state index contributed by atoms with van der Waals surface area (Å²) >= 11 is 3.08. The van der Waals surface area contributed by atoms with Gasteiger partial charge in [-0.15, -0.1) is 0 Å². The molecule has 1 aliphatic carbocycles. The van der Waals surface area contributed by atoms with Crippen molar-refractivity contribution in [1.82, 2.24) is 0 Å². The van der Waals surface area contributed by atoms with Crippen LogP contribution in [0.1, 0.15) is 31.8 Å². The van der Waals surface area contributed by atoms with Gasteiger partial charge in [-0.05, 0) is 22.0 Å². The third kappa shape index (κ3) is 2.79. The summed E-state index contributed by atoms with van der Waals surface area (Å²) in [5, 5.41) is 0. The van der Waals surface area contributed by atoms with Crippen LogP contribution in [-0.4, -0.2) is 54.1 Å². The Morgan fingerprint density at radius 1 is 1.00 bits per heavy atom. The van der Waals surface area contributed by atoms with Crippen LogP contribution in [0.15, 0.2) is 39.7 Å². The molecule has 9 heteroatoms. The number of carbonyl (C=O) groups is 2. The molecule has 3 rings (SSSR count). The Labute approximate surface area is 162 Å². The third-order valence-corrected chi connectivity index (χ3v) is 4.95. The Hall–Kier alpha value is -1.03. The molecular weight excluding hydrogens is 397 g/mol. The standard InChI is InChI=1S/C14H8BrNO5S.Na.H/c15-8-5-9(22(19,20)21)12(16)11-10(8)13(17)6-3-1-2-4-7(6)14(11)18;;/h1-5H,16H2,(H,19,20,21);;. The number of nitrogens with two attached hydrogens (primary N) is 1. The van der Waals surface area contributed by atoms with Crippen LogP contribution >= 0.6 is 15.9 Å². The average molecular weight is 406 g/mol. The number of hydrogen-bond acceptors (Lipinski definition) is 5. The van der Waals surface area contributed by atoms with Crippen LogP contribution in [0.2, 0.25) is 0 Å². The van der Waals surface area contributed by atoms with E-state index in [1.54, 1.807) is 12.1 Å². The van der Waals surface area contributed by atoms with Crippen LogP contribution in [0.25, 0.3) is 0 Å². The van der Waals surface area contributed by atoms with Crippen LogP contribution in [0.4, 0.5) is 5.69 Å². The predicted octanol–water partition coefficient (Wildman–Crippen LogP) is 1.40. The van der Waals surface area contributed by atoms with E-state index in [1.807, 2.05) is 0 Å². The number of carbonyl (C=O) groups excluding carboxylic acids is 2. The Balaban J connectivity index is 0.00000192. The van der Waals surface area contributed by atoms with Crippen molar-refractivity contribution in [2.24, 2.45) is 0 Å². The number of fused-ring (bicyclic) bond motifs is 2. The Kier molecular flexibility index (Phi) is 4.87. The number of ketones is 2. The molecule has 0 spiro atoms. The number of anilines is 1. The maximum absolute atomic E-state index is 12.6. The first-order chi connectivity index (χ1) is 10.2. The van der Waals surface area contributed by atoms with Crippen LogP contribution in [-0.2, 0) is 10.1 Å². The van der Waals surface area contributed by atoms with Gasteiger partial charge < -0.3 is 5.73 Å². The normalized spacial score (nSPS) is 13.1. The van der Waals surface area contributed by atoms with Gasteiger partial charge in [-0.25, -0.2) is 0 Å². The fraction of sp³-hybridized carbons (Fsp3) is 0. The molecule has 1 aliphatic rings. The first-order valence-electron chi connectivity index (χ1n) is 6.01. The van der Waals surface area contributed by atoms with Crippen LogP contribution in [0, 0.1) is 0 Å². The summed E-state index contributed by atoms with van der Waals surface area (Å²) in [6.07, 6.45) is 0. The van der Waals surface area contributed by atoms with Crippen LogP contribution in [0.3, 0.4) is 0 Å². The van der Waals surface area contributed by atoms with Gasteiger partial charge in [0.15, 0.2) is 11.6 Å². The molecule has 0 saturated carbocycles. The molecule has 0 atom stereocenters. The topological polar surface area (TPSA) is 115 Å². The van der Waals surface area contributed by atoms with Gasteiger partial charge in [0.2, 0.25) is 0 Å². The van der Waals surface area contributed by atoms with E-state index < -0.39 is 32.3 Å². The predicted molar refractivity (Wildman–Crippen MR) is 88.8 cm³/mol. The number of benzene rings is 2. The Bertz CT molecular complexity index is 971. The summed E-state index contributed by atoms with van der Waals surface area (Å²) in [6.45, 7) is 0. The zero-order valence-electron chi connectivity index (χ0n) is 10.8. The van der Waals surface area contributed by atoms with Crippen LogP contribution < -0.4 is 5.73 Å². The molecule has 0 aromatic heterocycles. The minimum atomic E-state index is -4.63. The van der Waals surface area contributed by atoms with Crippen molar-refractivity contribution in [3.05, 3.63) is 57.1 Å². The summed E-state index contributed by atoms with van der Waals surface area (Å²) in [6, 6.07) is 7.21. The second-order valence-electron chi connectivity index (χ2n) is 4.70. The molecule has 0 unspecified atom stereocenters. The van der Waals surface area contributed by atoms with Gasteiger partial charge in [-0.1, -0.05) is 24.3 Å². The number of nitrogen functional groups attached to an aromatic ring is 1. The molecule has 0 heterocycles. The minimum absolute atomic E-state index is 0. The van der Waals surface area contributed by atoms with Crippen molar-refractivity contribution in [2.45, 2.75) is 4.90 Å². The summed E-state index contributed by atoms with van der Waals surface area (Å²) < 4.78 is 32.1. The zero-order chi connectivity index (χ0) is 16.2. The molecule has 0 radical (unpaired) electrons. The van der Waals surface area contributed by atoms with Crippen molar-refractivity contribution >= 4 is 72.9 Å². The van der Waals surface area contributed by atoms with Gasteiger partial charge >= 0.3 is 29.6 Å². The molecule has 2 aromatic rings. The zero-order valence-corrected chi connectivity index (χ0v) is 13.2. The molecule has 3 N–H and O–H groups in total. The van der Waals surface area contributed by atoms with Crippen molar-refractivity contribution in [2.75, 3.05) is 5.73 Å². The fourth-order valence-electron chi connectivity index (χ4n) is 2.46. The first kappa shape index (κ1) is 18.3. The van der Waals surface area contributed by atoms with E-state index in [4.69, 9.17) is 5.73 Å². The molecule has 6 nitrogen and oxygen atoms in total. The summed E-state index contributed by atoms with van der Waals surface area (Å²) in [5.41, 5.74) is 5.44. The molecule has 0 aliphatic heterocycles. The SMILES string of the molecule is Nc1c(S(=O)(=O)O)cc(Br)c2c1C(=O)c1ccccc1C2=O.[NaH]. The van der Waals surface area contributed by atoms with Gasteiger partial charge in [-0.3, -0.25) is 14.1 Å². The van der Waals surface area contributed by atoms with Gasteiger partial charge in [0.1, 0.15) is 4.90 Å². The molecule has 0 bridgehead atoms. The van der Waals surface area contributed by atoms with Gasteiger partial charge in [0.25, 0.3) is 10.1 Å². The number of halogens is 1. The number of rotatable bonds is 1. The molecular formula is C14H9BrNNaO5S. The van der Waals surface area contributed by atoms with Crippen molar-refractivity contribution < 1.29 is 22.6 Å². The Morgan fingerprint density at radius 2 is 1.48 bits per heavy atom. The van der Waals surface area contributed by atoms with E-state index in [-0.39, 0.29) is 56.3 Å². The van der Waals surface area contributed by atoms with Gasteiger partial charge in [0.05, 0.1) is 16.8 Å². The quantitative estimate of drug-likeness (QED) is 0.359. The van der Waals surface area contributed by atoms with Crippen molar-refractivity contribution in [1.29, 1.82) is 0 Å². The molecule has 23 heavy (non-hydrogen) atoms. The number of hydrogen-bond donors (Lipinski definition) is 2. The fourth-order valence-corrected chi connectivity index (χ4v) is 3.87. The first-order valence-corrected chi connectivity index (χ1v) is 8.24. The summed E-state index contributed by atoms with van der Waals surface area (Å²) in [4.78, 5) is 24.5. The van der Waals surface area contributed by atoms with E-state index in [2.05, 4.69) is 15.9 Å². The maximum atomic E-state index is 12.6. The van der Waals surface area contributed by atoms with E-state index in [0.717, 1.165) is 6.07 Å².